The Bertz CT molecular complexity index is 859. The second-order valence-corrected chi connectivity index (χ2v) is 6.16. The maximum atomic E-state index is 12.2. The van der Waals surface area contributed by atoms with E-state index in [1.54, 1.807) is 6.20 Å². The molecule has 3 rings (SSSR count). The third kappa shape index (κ3) is 3.68. The molecule has 0 unspecified atom stereocenters. The van der Waals surface area contributed by atoms with Crippen LogP contribution in [0.2, 0.25) is 0 Å². The van der Waals surface area contributed by atoms with Gasteiger partial charge in [-0.1, -0.05) is 34.1 Å². The number of nitrogens with zero attached hydrogens (tertiary/aromatic N) is 1. The first-order valence-electron chi connectivity index (χ1n) is 7.27. The third-order valence-electron chi connectivity index (χ3n) is 3.53. The molecule has 116 valence electrons. The molecule has 0 atom stereocenters. The number of amides is 1. The number of para-hydroxylation sites is 1. The van der Waals surface area contributed by atoms with Crippen LogP contribution in [0.1, 0.15) is 5.56 Å². The second-order valence-electron chi connectivity index (χ2n) is 5.24. The standard InChI is InChI=1S/C18H16BrN3O/c1-12-10-14(19)7-8-15(12)22-17(23)11-21-16-6-2-4-13-5-3-9-20-18(13)16/h2-10,21H,11H2,1H3,(H,22,23). The van der Waals surface area contributed by atoms with Crippen LogP contribution in [0.25, 0.3) is 10.9 Å². The number of fused-ring (bicyclic) bond motifs is 1. The summed E-state index contributed by atoms with van der Waals surface area (Å²) in [6, 6.07) is 15.5. The number of rotatable bonds is 4. The van der Waals surface area contributed by atoms with Gasteiger partial charge in [0.1, 0.15) is 0 Å². The molecule has 0 aliphatic rings. The number of aryl methyl sites for hydroxylation is 1. The highest BCUT2D eigenvalue weighted by Crippen LogP contribution is 2.21. The fourth-order valence-corrected chi connectivity index (χ4v) is 2.86. The zero-order chi connectivity index (χ0) is 16.2. The Labute approximate surface area is 143 Å². The third-order valence-corrected chi connectivity index (χ3v) is 4.03. The van der Waals surface area contributed by atoms with Gasteiger partial charge in [0, 0.05) is 21.7 Å². The molecule has 0 radical (unpaired) electrons. The van der Waals surface area contributed by atoms with E-state index in [1.807, 2.05) is 55.5 Å². The first-order chi connectivity index (χ1) is 11.1. The molecule has 1 aromatic heterocycles. The van der Waals surface area contributed by atoms with Crippen LogP contribution in [0.5, 0.6) is 0 Å². The van der Waals surface area contributed by atoms with Crippen LogP contribution in [0, 0.1) is 6.92 Å². The molecule has 0 saturated heterocycles. The fourth-order valence-electron chi connectivity index (χ4n) is 2.38. The molecule has 0 bridgehead atoms. The molecular weight excluding hydrogens is 354 g/mol. The maximum Gasteiger partial charge on any atom is 0.243 e. The summed E-state index contributed by atoms with van der Waals surface area (Å²) in [5.74, 6) is -0.0941. The average molecular weight is 370 g/mol. The molecule has 0 aliphatic heterocycles. The topological polar surface area (TPSA) is 54.0 Å². The number of hydrogen-bond donors (Lipinski definition) is 2. The van der Waals surface area contributed by atoms with E-state index in [2.05, 4.69) is 31.5 Å². The van der Waals surface area contributed by atoms with E-state index in [9.17, 15) is 4.79 Å². The molecule has 0 spiro atoms. The van der Waals surface area contributed by atoms with Crippen LogP contribution in [0.4, 0.5) is 11.4 Å². The van der Waals surface area contributed by atoms with Crippen molar-refractivity contribution in [1.29, 1.82) is 0 Å². The van der Waals surface area contributed by atoms with Gasteiger partial charge in [0.2, 0.25) is 5.91 Å². The lowest BCUT2D eigenvalue weighted by molar-refractivity contribution is -0.114. The summed E-state index contributed by atoms with van der Waals surface area (Å²) in [6.45, 7) is 2.15. The Kier molecular flexibility index (Phi) is 4.57. The lowest BCUT2D eigenvalue weighted by Crippen LogP contribution is -2.22. The molecule has 3 aromatic rings. The van der Waals surface area contributed by atoms with Crippen molar-refractivity contribution in [1.82, 2.24) is 4.98 Å². The van der Waals surface area contributed by atoms with Crippen LogP contribution in [-0.2, 0) is 4.79 Å². The van der Waals surface area contributed by atoms with Gasteiger partial charge in [-0.2, -0.15) is 0 Å². The summed E-state index contributed by atoms with van der Waals surface area (Å²) >= 11 is 3.41. The zero-order valence-electron chi connectivity index (χ0n) is 12.6. The van der Waals surface area contributed by atoms with Gasteiger partial charge in [0.05, 0.1) is 17.7 Å². The highest BCUT2D eigenvalue weighted by molar-refractivity contribution is 9.10. The van der Waals surface area contributed by atoms with E-state index in [-0.39, 0.29) is 12.5 Å². The Morgan fingerprint density at radius 1 is 1.13 bits per heavy atom. The number of carbonyl (C=O) groups is 1. The summed E-state index contributed by atoms with van der Waals surface area (Å²) in [5, 5.41) is 7.11. The van der Waals surface area contributed by atoms with E-state index >= 15 is 0 Å². The van der Waals surface area contributed by atoms with Gasteiger partial charge in [-0.3, -0.25) is 9.78 Å². The molecular formula is C18H16BrN3O. The normalized spacial score (nSPS) is 10.5. The predicted octanol–water partition coefficient (Wildman–Crippen LogP) is 4.36. The van der Waals surface area contributed by atoms with Crippen molar-refractivity contribution in [3.05, 3.63) is 64.8 Å². The molecule has 1 amide bonds. The van der Waals surface area contributed by atoms with Gasteiger partial charge >= 0.3 is 0 Å². The predicted molar refractivity (Wildman–Crippen MR) is 97.7 cm³/mol. The van der Waals surface area contributed by atoms with Crippen molar-refractivity contribution >= 4 is 44.1 Å². The van der Waals surface area contributed by atoms with E-state index < -0.39 is 0 Å². The average Bonchev–Trinajstić information content (AvgIpc) is 2.55. The van der Waals surface area contributed by atoms with Crippen molar-refractivity contribution in [2.45, 2.75) is 6.92 Å². The quantitative estimate of drug-likeness (QED) is 0.718. The number of nitrogens with one attached hydrogen (secondary N) is 2. The van der Waals surface area contributed by atoms with Gasteiger partial charge in [-0.15, -0.1) is 0 Å². The van der Waals surface area contributed by atoms with Crippen LogP contribution >= 0.6 is 15.9 Å². The molecule has 23 heavy (non-hydrogen) atoms. The molecule has 0 fully saturated rings. The Hall–Kier alpha value is -2.40. The van der Waals surface area contributed by atoms with Crippen molar-refractivity contribution in [2.24, 2.45) is 0 Å². The number of anilines is 2. The van der Waals surface area contributed by atoms with Crippen molar-refractivity contribution in [3.8, 4) is 0 Å². The molecule has 4 nitrogen and oxygen atoms in total. The van der Waals surface area contributed by atoms with Gasteiger partial charge in [-0.05, 0) is 42.8 Å². The van der Waals surface area contributed by atoms with Crippen LogP contribution < -0.4 is 10.6 Å². The minimum absolute atomic E-state index is 0.0941. The number of halogens is 1. The van der Waals surface area contributed by atoms with Gasteiger partial charge in [0.25, 0.3) is 0 Å². The fraction of sp³-hybridized carbons (Fsp3) is 0.111. The highest BCUT2D eigenvalue weighted by Gasteiger charge is 2.07. The molecule has 1 heterocycles. The Balaban J connectivity index is 1.69. The van der Waals surface area contributed by atoms with Crippen LogP contribution in [0.15, 0.2) is 59.2 Å². The highest BCUT2D eigenvalue weighted by atomic mass is 79.9. The molecule has 2 N–H and O–H groups in total. The molecule has 0 aliphatic carbocycles. The van der Waals surface area contributed by atoms with E-state index in [0.29, 0.717) is 0 Å². The maximum absolute atomic E-state index is 12.2. The smallest absolute Gasteiger partial charge is 0.243 e. The zero-order valence-corrected chi connectivity index (χ0v) is 14.2. The lowest BCUT2D eigenvalue weighted by Gasteiger charge is -2.11. The SMILES string of the molecule is Cc1cc(Br)ccc1NC(=O)CNc1cccc2cccnc12. The number of pyridine rings is 1. The van der Waals surface area contributed by atoms with Crippen molar-refractivity contribution in [3.63, 3.8) is 0 Å². The lowest BCUT2D eigenvalue weighted by atomic mass is 10.2. The largest absolute Gasteiger partial charge is 0.374 e. The summed E-state index contributed by atoms with van der Waals surface area (Å²) < 4.78 is 0.993. The second kappa shape index (κ2) is 6.79. The van der Waals surface area contributed by atoms with Crippen LogP contribution in [-0.4, -0.2) is 17.4 Å². The number of benzene rings is 2. The van der Waals surface area contributed by atoms with Gasteiger partial charge in [-0.25, -0.2) is 0 Å². The summed E-state index contributed by atoms with van der Waals surface area (Å²) in [6.07, 6.45) is 1.75. The molecule has 2 aromatic carbocycles. The van der Waals surface area contributed by atoms with E-state index in [1.165, 1.54) is 0 Å². The minimum Gasteiger partial charge on any atom is -0.374 e. The van der Waals surface area contributed by atoms with Crippen molar-refractivity contribution in [2.75, 3.05) is 17.2 Å². The number of hydrogen-bond acceptors (Lipinski definition) is 3. The minimum atomic E-state index is -0.0941. The van der Waals surface area contributed by atoms with Gasteiger partial charge < -0.3 is 10.6 Å². The number of carbonyl (C=O) groups excluding carboxylic acids is 1. The number of aromatic nitrogens is 1. The first-order valence-corrected chi connectivity index (χ1v) is 8.06. The monoisotopic (exact) mass is 369 g/mol. The van der Waals surface area contributed by atoms with Crippen molar-refractivity contribution < 1.29 is 4.79 Å². The first kappa shape index (κ1) is 15.5. The van der Waals surface area contributed by atoms with E-state index in [0.717, 1.165) is 32.3 Å². The Morgan fingerprint density at radius 2 is 1.96 bits per heavy atom. The summed E-state index contributed by atoms with van der Waals surface area (Å²) in [4.78, 5) is 16.5. The summed E-state index contributed by atoms with van der Waals surface area (Å²) in [7, 11) is 0. The van der Waals surface area contributed by atoms with E-state index in [4.69, 9.17) is 0 Å². The van der Waals surface area contributed by atoms with Crippen LogP contribution in [0.3, 0.4) is 0 Å². The Morgan fingerprint density at radius 3 is 2.78 bits per heavy atom. The summed E-state index contributed by atoms with van der Waals surface area (Å²) in [5.41, 5.74) is 3.55. The molecule has 0 saturated carbocycles. The molecule has 5 heteroatoms. The van der Waals surface area contributed by atoms with Gasteiger partial charge in [0.15, 0.2) is 0 Å².